The molecule has 0 saturated carbocycles. The number of alkyl halides is 3. The maximum Gasteiger partial charge on any atom is 0.416 e. The van der Waals surface area contributed by atoms with Gasteiger partial charge in [-0.25, -0.2) is 4.79 Å². The van der Waals surface area contributed by atoms with Crippen molar-refractivity contribution in [2.24, 2.45) is 0 Å². The quantitative estimate of drug-likeness (QED) is 0.608. The Morgan fingerprint density at radius 1 is 0.947 bits per heavy atom. The van der Waals surface area contributed by atoms with Crippen LogP contribution in [0.4, 0.5) is 13.2 Å². The first-order chi connectivity index (χ1) is 8.97. The topological polar surface area (TPSA) is 26.3 Å². The standard InChI is InChI=1S/C14H9F3O2/c15-14(16,17)11-7-4-8-12(9-11)19-13(18)10-5-2-1-3-6-10/h1-9H. The number of halogens is 3. The fraction of sp³-hybridized carbons (Fsp3) is 0.0714. The Kier molecular flexibility index (Phi) is 3.55. The van der Waals surface area contributed by atoms with E-state index in [1.54, 1.807) is 18.2 Å². The van der Waals surface area contributed by atoms with Gasteiger partial charge in [0.25, 0.3) is 0 Å². The summed E-state index contributed by atoms with van der Waals surface area (Å²) in [6, 6.07) is 12.3. The van der Waals surface area contributed by atoms with Gasteiger partial charge in [-0.2, -0.15) is 13.2 Å². The van der Waals surface area contributed by atoms with Crippen molar-refractivity contribution in [3.63, 3.8) is 0 Å². The van der Waals surface area contributed by atoms with E-state index >= 15 is 0 Å². The van der Waals surface area contributed by atoms with E-state index in [-0.39, 0.29) is 11.3 Å². The first-order valence-corrected chi connectivity index (χ1v) is 5.41. The average Bonchev–Trinajstić information content (AvgIpc) is 2.39. The van der Waals surface area contributed by atoms with Crippen LogP contribution in [0, 0.1) is 0 Å². The molecule has 98 valence electrons. The molecule has 0 aliphatic rings. The molecular weight excluding hydrogens is 257 g/mol. The molecule has 0 saturated heterocycles. The van der Waals surface area contributed by atoms with Gasteiger partial charge in [-0.1, -0.05) is 24.3 Å². The molecule has 0 aliphatic heterocycles. The fourth-order valence-electron chi connectivity index (χ4n) is 1.48. The summed E-state index contributed by atoms with van der Waals surface area (Å²) in [5, 5.41) is 0. The highest BCUT2D eigenvalue weighted by Crippen LogP contribution is 2.31. The summed E-state index contributed by atoms with van der Waals surface area (Å²) >= 11 is 0. The van der Waals surface area contributed by atoms with Gasteiger partial charge in [-0.3, -0.25) is 0 Å². The third-order valence-electron chi connectivity index (χ3n) is 2.38. The number of hydrogen-bond acceptors (Lipinski definition) is 2. The number of benzene rings is 2. The maximum atomic E-state index is 12.5. The summed E-state index contributed by atoms with van der Waals surface area (Å²) in [5.41, 5.74) is -0.578. The molecule has 0 aliphatic carbocycles. The highest BCUT2D eigenvalue weighted by Gasteiger charge is 2.30. The van der Waals surface area contributed by atoms with Crippen LogP contribution >= 0.6 is 0 Å². The normalized spacial score (nSPS) is 11.1. The van der Waals surface area contributed by atoms with Crippen LogP contribution in [-0.4, -0.2) is 5.97 Å². The van der Waals surface area contributed by atoms with Crippen molar-refractivity contribution in [1.29, 1.82) is 0 Å². The molecule has 0 aromatic heterocycles. The smallest absolute Gasteiger partial charge is 0.416 e. The Morgan fingerprint density at radius 2 is 1.63 bits per heavy atom. The number of ether oxygens (including phenoxy) is 1. The van der Waals surface area contributed by atoms with Gasteiger partial charge in [0, 0.05) is 0 Å². The monoisotopic (exact) mass is 266 g/mol. The van der Waals surface area contributed by atoms with E-state index in [9.17, 15) is 18.0 Å². The lowest BCUT2D eigenvalue weighted by Gasteiger charge is -2.09. The summed E-state index contributed by atoms with van der Waals surface area (Å²) in [5.74, 6) is -0.830. The molecule has 0 N–H and O–H groups in total. The van der Waals surface area contributed by atoms with Crippen LogP contribution in [0.15, 0.2) is 54.6 Å². The first-order valence-electron chi connectivity index (χ1n) is 5.41. The minimum absolute atomic E-state index is 0.135. The van der Waals surface area contributed by atoms with Crippen molar-refractivity contribution in [2.45, 2.75) is 6.18 Å². The van der Waals surface area contributed by atoms with Crippen molar-refractivity contribution >= 4 is 5.97 Å². The largest absolute Gasteiger partial charge is 0.423 e. The van der Waals surface area contributed by atoms with Gasteiger partial charge >= 0.3 is 12.1 Å². The van der Waals surface area contributed by atoms with Crippen LogP contribution in [0.2, 0.25) is 0 Å². The van der Waals surface area contributed by atoms with Gasteiger partial charge in [-0.15, -0.1) is 0 Å². The molecule has 2 aromatic carbocycles. The van der Waals surface area contributed by atoms with E-state index < -0.39 is 17.7 Å². The Bertz CT molecular complexity index is 577. The molecule has 0 bridgehead atoms. The molecule has 5 heteroatoms. The SMILES string of the molecule is O=C(Oc1cccc(C(F)(F)F)c1)c1ccccc1. The second kappa shape index (κ2) is 5.14. The summed E-state index contributed by atoms with van der Waals surface area (Å²) in [4.78, 5) is 11.7. The lowest BCUT2D eigenvalue weighted by atomic mass is 10.2. The van der Waals surface area contributed by atoms with Crippen molar-refractivity contribution in [3.05, 3.63) is 65.7 Å². The molecule has 2 rings (SSSR count). The van der Waals surface area contributed by atoms with E-state index in [0.29, 0.717) is 0 Å². The number of rotatable bonds is 2. The molecule has 2 nitrogen and oxygen atoms in total. The molecule has 2 aromatic rings. The molecule has 0 fully saturated rings. The van der Waals surface area contributed by atoms with E-state index in [4.69, 9.17) is 4.74 Å². The Balaban J connectivity index is 2.18. The molecule has 0 unspecified atom stereocenters. The minimum atomic E-state index is -4.46. The number of carbonyl (C=O) groups is 1. The van der Waals surface area contributed by atoms with Gasteiger partial charge in [-0.05, 0) is 30.3 Å². The first kappa shape index (κ1) is 13.1. The van der Waals surface area contributed by atoms with E-state index in [0.717, 1.165) is 12.1 Å². The highest BCUT2D eigenvalue weighted by molar-refractivity contribution is 5.90. The summed E-state index contributed by atoms with van der Waals surface area (Å²) in [6.07, 6.45) is -4.46. The summed E-state index contributed by atoms with van der Waals surface area (Å²) in [7, 11) is 0. The second-order valence-corrected chi connectivity index (χ2v) is 3.78. The molecule has 0 spiro atoms. The molecule has 0 radical (unpaired) electrons. The lowest BCUT2D eigenvalue weighted by Crippen LogP contribution is -2.10. The lowest BCUT2D eigenvalue weighted by molar-refractivity contribution is -0.137. The van der Waals surface area contributed by atoms with Gasteiger partial charge < -0.3 is 4.74 Å². The van der Waals surface area contributed by atoms with Crippen molar-refractivity contribution < 1.29 is 22.7 Å². The Labute approximate surface area is 107 Å². The van der Waals surface area contributed by atoms with E-state index in [2.05, 4.69) is 0 Å². The van der Waals surface area contributed by atoms with Crippen LogP contribution < -0.4 is 4.74 Å². The third kappa shape index (κ3) is 3.34. The number of esters is 1. The molecule has 0 amide bonds. The molecule has 0 heterocycles. The fourth-order valence-corrected chi connectivity index (χ4v) is 1.48. The number of carbonyl (C=O) groups excluding carboxylic acids is 1. The van der Waals surface area contributed by atoms with E-state index in [1.807, 2.05) is 0 Å². The van der Waals surface area contributed by atoms with Gasteiger partial charge in [0.1, 0.15) is 5.75 Å². The predicted molar refractivity (Wildman–Crippen MR) is 62.8 cm³/mol. The average molecular weight is 266 g/mol. The zero-order valence-corrected chi connectivity index (χ0v) is 9.65. The zero-order chi connectivity index (χ0) is 13.9. The van der Waals surface area contributed by atoms with Crippen LogP contribution in [0.5, 0.6) is 5.75 Å². The minimum Gasteiger partial charge on any atom is -0.423 e. The zero-order valence-electron chi connectivity index (χ0n) is 9.65. The predicted octanol–water partition coefficient (Wildman–Crippen LogP) is 3.92. The molecule has 0 atom stereocenters. The van der Waals surface area contributed by atoms with Crippen LogP contribution in [0.3, 0.4) is 0 Å². The second-order valence-electron chi connectivity index (χ2n) is 3.78. The van der Waals surface area contributed by atoms with Gasteiger partial charge in [0.15, 0.2) is 0 Å². The van der Waals surface area contributed by atoms with Crippen molar-refractivity contribution in [1.82, 2.24) is 0 Å². The molecule has 19 heavy (non-hydrogen) atoms. The summed E-state index contributed by atoms with van der Waals surface area (Å²) < 4.78 is 42.4. The van der Waals surface area contributed by atoms with Crippen LogP contribution in [0.25, 0.3) is 0 Å². The molecular formula is C14H9F3O2. The van der Waals surface area contributed by atoms with Gasteiger partial charge in [0.2, 0.25) is 0 Å². The van der Waals surface area contributed by atoms with Crippen LogP contribution in [0.1, 0.15) is 15.9 Å². The number of hydrogen-bond donors (Lipinski definition) is 0. The van der Waals surface area contributed by atoms with Crippen molar-refractivity contribution in [2.75, 3.05) is 0 Å². The Hall–Kier alpha value is -2.30. The third-order valence-corrected chi connectivity index (χ3v) is 2.38. The van der Waals surface area contributed by atoms with Gasteiger partial charge in [0.05, 0.1) is 11.1 Å². The van der Waals surface area contributed by atoms with Crippen LogP contribution in [-0.2, 0) is 6.18 Å². The maximum absolute atomic E-state index is 12.5. The van der Waals surface area contributed by atoms with Crippen molar-refractivity contribution in [3.8, 4) is 5.75 Å². The Morgan fingerprint density at radius 3 is 2.26 bits per heavy atom. The van der Waals surface area contributed by atoms with E-state index in [1.165, 1.54) is 24.3 Å². The summed E-state index contributed by atoms with van der Waals surface area (Å²) in [6.45, 7) is 0. The highest BCUT2D eigenvalue weighted by atomic mass is 19.4.